The molecule has 33 heavy (non-hydrogen) atoms. The highest BCUT2D eigenvalue weighted by Gasteiger charge is 2.48. The van der Waals surface area contributed by atoms with E-state index in [9.17, 15) is 10.1 Å². The van der Waals surface area contributed by atoms with Crippen LogP contribution < -0.4 is 9.64 Å². The second-order valence-electron chi connectivity index (χ2n) is 7.80. The lowest BCUT2D eigenvalue weighted by atomic mass is 9.83. The lowest BCUT2D eigenvalue weighted by molar-refractivity contribution is -0.138. The second kappa shape index (κ2) is 9.57. The van der Waals surface area contributed by atoms with Crippen LogP contribution in [0.4, 0.5) is 5.69 Å². The van der Waals surface area contributed by atoms with Gasteiger partial charge in [0.25, 0.3) is 0 Å². The second-order valence-corrected chi connectivity index (χ2v) is 7.80. The Morgan fingerprint density at radius 2 is 1.91 bits per heavy atom. The van der Waals surface area contributed by atoms with Crippen LogP contribution in [-0.4, -0.2) is 49.1 Å². The van der Waals surface area contributed by atoms with Crippen molar-refractivity contribution in [1.29, 1.82) is 10.7 Å². The molecule has 2 aromatic rings. The molecule has 8 nitrogen and oxygen atoms in total. The maximum absolute atomic E-state index is 12.5. The zero-order valence-electron chi connectivity index (χ0n) is 18.5. The van der Waals surface area contributed by atoms with Gasteiger partial charge in [0.05, 0.1) is 36.3 Å². The number of hydrogen-bond acceptors (Lipinski definition) is 8. The molecule has 0 saturated carbocycles. The highest BCUT2D eigenvalue weighted by molar-refractivity contribution is 5.94. The summed E-state index contributed by atoms with van der Waals surface area (Å²) in [6.45, 7) is 1.99. The average molecular weight is 444 g/mol. The molecule has 4 unspecified atom stereocenters. The SMILES string of the molecule is CCOC(=O)C1=CN2N=CC(C#N)C(N(C)c3ccc(Oc4ccccc4)cc3)C2C1C=N. The third-order valence-electron chi connectivity index (χ3n) is 5.89. The first-order valence-corrected chi connectivity index (χ1v) is 10.7. The van der Waals surface area contributed by atoms with Crippen molar-refractivity contribution in [2.45, 2.75) is 19.0 Å². The van der Waals surface area contributed by atoms with E-state index in [2.05, 4.69) is 11.2 Å². The first kappa shape index (κ1) is 22.1. The monoisotopic (exact) mass is 443 g/mol. The van der Waals surface area contributed by atoms with Crippen molar-refractivity contribution < 1.29 is 14.3 Å². The Balaban J connectivity index is 1.59. The van der Waals surface area contributed by atoms with Gasteiger partial charge in [-0.25, -0.2) is 4.79 Å². The van der Waals surface area contributed by atoms with Gasteiger partial charge < -0.3 is 19.8 Å². The minimum Gasteiger partial charge on any atom is -0.463 e. The molecule has 0 fully saturated rings. The van der Waals surface area contributed by atoms with Gasteiger partial charge in [-0.2, -0.15) is 10.4 Å². The molecule has 0 aromatic heterocycles. The largest absolute Gasteiger partial charge is 0.463 e. The Morgan fingerprint density at radius 3 is 2.55 bits per heavy atom. The van der Waals surface area contributed by atoms with Crippen molar-refractivity contribution in [3.8, 4) is 17.6 Å². The summed E-state index contributed by atoms with van der Waals surface area (Å²) < 4.78 is 11.1. The number of nitriles is 1. The van der Waals surface area contributed by atoms with Crippen LogP contribution in [0.2, 0.25) is 0 Å². The smallest absolute Gasteiger partial charge is 0.336 e. The molecule has 0 spiro atoms. The van der Waals surface area contributed by atoms with Gasteiger partial charge in [0, 0.05) is 31.4 Å². The number of carbonyl (C=O) groups is 1. The summed E-state index contributed by atoms with van der Waals surface area (Å²) in [7, 11) is 1.91. The first-order chi connectivity index (χ1) is 16.1. The van der Waals surface area contributed by atoms with E-state index < -0.39 is 17.8 Å². The molecule has 1 N–H and O–H groups in total. The van der Waals surface area contributed by atoms with Crippen molar-refractivity contribution in [2.24, 2.45) is 16.9 Å². The molecule has 168 valence electrons. The molecule has 0 aliphatic carbocycles. The Bertz CT molecular complexity index is 1110. The van der Waals surface area contributed by atoms with E-state index in [1.54, 1.807) is 24.3 Å². The summed E-state index contributed by atoms with van der Waals surface area (Å²) in [5.74, 6) is -0.0709. The number of nitrogens with one attached hydrogen (secondary N) is 1. The Kier molecular flexibility index (Phi) is 6.41. The summed E-state index contributed by atoms with van der Waals surface area (Å²) in [6, 6.07) is 18.7. The van der Waals surface area contributed by atoms with Crippen molar-refractivity contribution in [1.82, 2.24) is 5.01 Å². The van der Waals surface area contributed by atoms with Gasteiger partial charge in [-0.15, -0.1) is 0 Å². The van der Waals surface area contributed by atoms with E-state index in [-0.39, 0.29) is 18.7 Å². The minimum atomic E-state index is -0.537. The van der Waals surface area contributed by atoms with E-state index in [1.807, 2.05) is 66.5 Å². The molecule has 2 aliphatic rings. The van der Waals surface area contributed by atoms with Crippen molar-refractivity contribution in [3.63, 3.8) is 0 Å². The Morgan fingerprint density at radius 1 is 1.21 bits per heavy atom. The predicted molar refractivity (Wildman–Crippen MR) is 125 cm³/mol. The zero-order valence-corrected chi connectivity index (χ0v) is 18.5. The molecular weight excluding hydrogens is 418 g/mol. The maximum atomic E-state index is 12.5. The highest BCUT2D eigenvalue weighted by atomic mass is 16.5. The van der Waals surface area contributed by atoms with Gasteiger partial charge >= 0.3 is 5.97 Å². The summed E-state index contributed by atoms with van der Waals surface area (Å²) >= 11 is 0. The van der Waals surface area contributed by atoms with Gasteiger partial charge in [-0.3, -0.25) is 5.01 Å². The molecule has 4 rings (SSSR count). The van der Waals surface area contributed by atoms with Crippen molar-refractivity contribution >= 4 is 24.1 Å². The maximum Gasteiger partial charge on any atom is 0.336 e. The number of anilines is 1. The standard InChI is InChI=1S/C25H25N5O3/c1-3-32-25(31)22-16-30-24(21(22)14-27)23(17(13-26)15-28-30)29(2)18-9-11-20(12-10-18)33-19-7-5-4-6-8-19/h4-12,14-17,21,23-24,27H,3H2,1-2H3. The third-order valence-corrected chi connectivity index (χ3v) is 5.89. The van der Waals surface area contributed by atoms with Crippen molar-refractivity contribution in [3.05, 3.63) is 66.4 Å². The fourth-order valence-electron chi connectivity index (χ4n) is 4.31. The average Bonchev–Trinajstić information content (AvgIpc) is 3.23. The molecule has 2 aliphatic heterocycles. The van der Waals surface area contributed by atoms with Crippen LogP contribution in [0.1, 0.15) is 6.92 Å². The fraction of sp³-hybridized carbons (Fsp3) is 0.280. The third kappa shape index (κ3) is 4.30. The number of hydrogen-bond donors (Lipinski definition) is 1. The molecule has 0 saturated heterocycles. The Labute approximate surface area is 192 Å². The van der Waals surface area contributed by atoms with Gasteiger partial charge in [0.1, 0.15) is 17.4 Å². The van der Waals surface area contributed by atoms with E-state index >= 15 is 0 Å². The van der Waals surface area contributed by atoms with Crippen LogP contribution in [0.25, 0.3) is 0 Å². The normalized spacial score (nSPS) is 23.2. The highest BCUT2D eigenvalue weighted by Crippen LogP contribution is 2.38. The predicted octanol–water partition coefficient (Wildman–Crippen LogP) is 3.82. The number of hydrazone groups is 1. The van der Waals surface area contributed by atoms with Crippen LogP contribution in [0.5, 0.6) is 11.5 Å². The van der Waals surface area contributed by atoms with Crippen LogP contribution in [-0.2, 0) is 9.53 Å². The van der Waals surface area contributed by atoms with Gasteiger partial charge in [-0.1, -0.05) is 18.2 Å². The number of nitrogens with zero attached hydrogens (tertiary/aromatic N) is 4. The fourth-order valence-corrected chi connectivity index (χ4v) is 4.31. The quantitative estimate of drug-likeness (QED) is 0.516. The van der Waals surface area contributed by atoms with Crippen LogP contribution in [0, 0.1) is 28.6 Å². The zero-order chi connectivity index (χ0) is 23.4. The lowest BCUT2D eigenvalue weighted by Gasteiger charge is -2.42. The molecule has 8 heteroatoms. The molecule has 0 bridgehead atoms. The summed E-state index contributed by atoms with van der Waals surface area (Å²) in [6.07, 6.45) is 4.45. The molecule has 4 atom stereocenters. The molecule has 0 amide bonds. The number of likely N-dealkylation sites (N-methyl/N-ethyl adjacent to an activating group) is 1. The molecule has 2 heterocycles. The summed E-state index contributed by atoms with van der Waals surface area (Å²) in [5.41, 5.74) is 1.25. The number of ether oxygens (including phenoxy) is 2. The topological polar surface area (TPSA) is 102 Å². The van der Waals surface area contributed by atoms with Crippen LogP contribution in [0.15, 0.2) is 71.5 Å². The molecular formula is C25H25N5O3. The molecule has 2 aromatic carbocycles. The van der Waals surface area contributed by atoms with Gasteiger partial charge in [0.2, 0.25) is 0 Å². The minimum absolute atomic E-state index is 0.246. The van der Waals surface area contributed by atoms with Crippen LogP contribution in [0.3, 0.4) is 0 Å². The lowest BCUT2D eigenvalue weighted by Crippen LogP contribution is -2.56. The molecule has 0 radical (unpaired) electrons. The van der Waals surface area contributed by atoms with Gasteiger partial charge in [-0.05, 0) is 43.3 Å². The van der Waals surface area contributed by atoms with Gasteiger partial charge in [0.15, 0.2) is 0 Å². The summed E-state index contributed by atoms with van der Waals surface area (Å²) in [4.78, 5) is 14.5. The number of esters is 1. The summed E-state index contributed by atoms with van der Waals surface area (Å²) in [5, 5.41) is 23.9. The first-order valence-electron chi connectivity index (χ1n) is 10.7. The Hall–Kier alpha value is -4.12. The van der Waals surface area contributed by atoms with Crippen LogP contribution >= 0.6 is 0 Å². The van der Waals surface area contributed by atoms with E-state index in [0.29, 0.717) is 11.3 Å². The van der Waals surface area contributed by atoms with E-state index in [0.717, 1.165) is 11.4 Å². The number of para-hydroxylation sites is 1. The number of fused-ring (bicyclic) bond motifs is 1. The van der Waals surface area contributed by atoms with Crippen molar-refractivity contribution in [2.75, 3.05) is 18.6 Å². The number of benzene rings is 2. The number of rotatable bonds is 7. The van der Waals surface area contributed by atoms with E-state index in [1.165, 1.54) is 6.21 Å². The van der Waals surface area contributed by atoms with E-state index in [4.69, 9.17) is 14.9 Å². The number of carbonyl (C=O) groups excluding carboxylic acids is 1.